The van der Waals surface area contributed by atoms with Gasteiger partial charge < -0.3 is 15.8 Å². The first-order valence-corrected chi connectivity index (χ1v) is 7.71. The molecule has 3 heteroatoms. The molecule has 0 aliphatic heterocycles. The molecule has 1 aromatic carbocycles. The fourth-order valence-electron chi connectivity index (χ4n) is 2.94. The molecule has 20 heavy (non-hydrogen) atoms. The minimum atomic E-state index is 0.138. The minimum Gasteiger partial charge on any atom is -0.489 e. The van der Waals surface area contributed by atoms with Crippen LogP contribution >= 0.6 is 0 Å². The van der Waals surface area contributed by atoms with Crippen LogP contribution in [0.3, 0.4) is 0 Å². The van der Waals surface area contributed by atoms with Crippen molar-refractivity contribution in [3.05, 3.63) is 18.2 Å². The molecule has 1 atom stereocenters. The summed E-state index contributed by atoms with van der Waals surface area (Å²) in [6.07, 6.45) is 5.31. The third-order valence-electron chi connectivity index (χ3n) is 4.22. The van der Waals surface area contributed by atoms with Gasteiger partial charge in [0, 0.05) is 17.8 Å². The van der Waals surface area contributed by atoms with Gasteiger partial charge in [0.15, 0.2) is 0 Å². The fraction of sp³-hybridized carbons (Fsp3) is 0.647. The van der Waals surface area contributed by atoms with Crippen LogP contribution in [0.1, 0.15) is 53.4 Å². The quantitative estimate of drug-likeness (QED) is 0.799. The lowest BCUT2D eigenvalue weighted by Crippen LogP contribution is -2.38. The van der Waals surface area contributed by atoms with Gasteiger partial charge in [-0.1, -0.05) is 26.7 Å². The van der Waals surface area contributed by atoms with E-state index in [1.54, 1.807) is 0 Å². The SMILES string of the molecule is CC(C)Oc1cc(NC2CCCCC2(C)C)ccc1N. The van der Waals surface area contributed by atoms with Crippen LogP contribution in [0, 0.1) is 5.41 Å². The first-order chi connectivity index (χ1) is 9.38. The molecule has 0 bridgehead atoms. The predicted octanol–water partition coefficient (Wildman–Crippen LogP) is 4.44. The Morgan fingerprint density at radius 3 is 2.70 bits per heavy atom. The van der Waals surface area contributed by atoms with Crippen LogP contribution in [0.15, 0.2) is 18.2 Å². The number of rotatable bonds is 4. The predicted molar refractivity (Wildman–Crippen MR) is 86.3 cm³/mol. The van der Waals surface area contributed by atoms with E-state index >= 15 is 0 Å². The van der Waals surface area contributed by atoms with E-state index in [0.29, 0.717) is 17.1 Å². The first kappa shape index (κ1) is 15.0. The molecule has 0 aromatic heterocycles. The summed E-state index contributed by atoms with van der Waals surface area (Å²) in [6.45, 7) is 8.74. The van der Waals surface area contributed by atoms with Crippen molar-refractivity contribution in [1.82, 2.24) is 0 Å². The maximum atomic E-state index is 5.97. The molecule has 0 spiro atoms. The summed E-state index contributed by atoms with van der Waals surface area (Å²) in [5.74, 6) is 0.776. The Kier molecular flexibility index (Phi) is 4.46. The van der Waals surface area contributed by atoms with Crippen molar-refractivity contribution in [3.63, 3.8) is 0 Å². The zero-order chi connectivity index (χ0) is 14.8. The molecule has 2 rings (SSSR count). The van der Waals surface area contributed by atoms with Gasteiger partial charge in [0.05, 0.1) is 11.8 Å². The van der Waals surface area contributed by atoms with Crippen LogP contribution in [0.2, 0.25) is 0 Å². The molecule has 1 aliphatic rings. The molecule has 0 heterocycles. The van der Waals surface area contributed by atoms with E-state index in [4.69, 9.17) is 10.5 Å². The van der Waals surface area contributed by atoms with Crippen molar-refractivity contribution < 1.29 is 4.74 Å². The molecule has 0 radical (unpaired) electrons. The van der Waals surface area contributed by atoms with Crippen molar-refractivity contribution >= 4 is 11.4 Å². The van der Waals surface area contributed by atoms with Crippen molar-refractivity contribution in [2.45, 2.75) is 65.5 Å². The van der Waals surface area contributed by atoms with E-state index in [-0.39, 0.29) is 6.10 Å². The highest BCUT2D eigenvalue weighted by molar-refractivity contribution is 5.61. The van der Waals surface area contributed by atoms with Crippen LogP contribution < -0.4 is 15.8 Å². The van der Waals surface area contributed by atoms with E-state index < -0.39 is 0 Å². The molecule has 0 saturated heterocycles. The maximum absolute atomic E-state index is 5.97. The van der Waals surface area contributed by atoms with Crippen LogP contribution in [-0.2, 0) is 0 Å². The smallest absolute Gasteiger partial charge is 0.144 e. The topological polar surface area (TPSA) is 47.3 Å². The van der Waals surface area contributed by atoms with Gasteiger partial charge in [-0.15, -0.1) is 0 Å². The van der Waals surface area contributed by atoms with Gasteiger partial charge in [-0.25, -0.2) is 0 Å². The van der Waals surface area contributed by atoms with Crippen molar-refractivity contribution in [2.24, 2.45) is 5.41 Å². The lowest BCUT2D eigenvalue weighted by atomic mass is 9.73. The van der Waals surface area contributed by atoms with Gasteiger partial charge in [0.25, 0.3) is 0 Å². The lowest BCUT2D eigenvalue weighted by Gasteiger charge is -2.39. The Bertz CT molecular complexity index is 454. The largest absolute Gasteiger partial charge is 0.489 e. The Morgan fingerprint density at radius 2 is 2.05 bits per heavy atom. The van der Waals surface area contributed by atoms with E-state index in [0.717, 1.165) is 11.4 Å². The molecule has 112 valence electrons. The summed E-state index contributed by atoms with van der Waals surface area (Å²) in [4.78, 5) is 0. The average Bonchev–Trinajstić information content (AvgIpc) is 2.35. The normalized spacial score (nSPS) is 21.8. The van der Waals surface area contributed by atoms with Gasteiger partial charge in [-0.2, -0.15) is 0 Å². The third kappa shape index (κ3) is 3.59. The minimum absolute atomic E-state index is 0.138. The highest BCUT2D eigenvalue weighted by atomic mass is 16.5. The molecule has 3 nitrogen and oxygen atoms in total. The second-order valence-corrected chi connectivity index (χ2v) is 6.85. The highest BCUT2D eigenvalue weighted by Gasteiger charge is 2.32. The standard InChI is InChI=1S/C17H28N2O/c1-12(2)20-15-11-13(8-9-14(15)18)19-16-7-5-6-10-17(16,3)4/h8-9,11-12,16,19H,5-7,10,18H2,1-4H3. The Balaban J connectivity index is 2.13. The molecule has 1 aromatic rings. The summed E-state index contributed by atoms with van der Waals surface area (Å²) in [6, 6.07) is 6.52. The molecule has 1 saturated carbocycles. The Hall–Kier alpha value is -1.38. The van der Waals surface area contributed by atoms with E-state index in [1.165, 1.54) is 25.7 Å². The summed E-state index contributed by atoms with van der Waals surface area (Å²) in [5, 5.41) is 3.68. The fourth-order valence-corrected chi connectivity index (χ4v) is 2.94. The monoisotopic (exact) mass is 276 g/mol. The van der Waals surface area contributed by atoms with Gasteiger partial charge in [0.1, 0.15) is 5.75 Å². The van der Waals surface area contributed by atoms with Crippen molar-refractivity contribution in [3.8, 4) is 5.75 Å². The highest BCUT2D eigenvalue weighted by Crippen LogP contribution is 2.38. The molecule has 1 aliphatic carbocycles. The van der Waals surface area contributed by atoms with Crippen molar-refractivity contribution in [2.75, 3.05) is 11.1 Å². The van der Waals surface area contributed by atoms with Crippen LogP contribution in [-0.4, -0.2) is 12.1 Å². The maximum Gasteiger partial charge on any atom is 0.144 e. The second-order valence-electron chi connectivity index (χ2n) is 6.85. The van der Waals surface area contributed by atoms with Crippen LogP contribution in [0.5, 0.6) is 5.75 Å². The number of hydrogen-bond donors (Lipinski definition) is 2. The average molecular weight is 276 g/mol. The Labute approximate surface area is 122 Å². The van der Waals surface area contributed by atoms with Gasteiger partial charge in [0.2, 0.25) is 0 Å². The molecule has 0 amide bonds. The molecule has 1 unspecified atom stereocenters. The van der Waals surface area contributed by atoms with Gasteiger partial charge in [-0.05, 0) is 44.2 Å². The van der Waals surface area contributed by atoms with E-state index in [2.05, 4.69) is 19.2 Å². The zero-order valence-electron chi connectivity index (χ0n) is 13.2. The van der Waals surface area contributed by atoms with Gasteiger partial charge >= 0.3 is 0 Å². The number of anilines is 2. The number of benzene rings is 1. The Morgan fingerprint density at radius 1 is 1.30 bits per heavy atom. The van der Waals surface area contributed by atoms with E-state index in [1.807, 2.05) is 32.0 Å². The summed E-state index contributed by atoms with van der Waals surface area (Å²) in [7, 11) is 0. The second kappa shape index (κ2) is 5.94. The summed E-state index contributed by atoms with van der Waals surface area (Å²) >= 11 is 0. The number of hydrogen-bond acceptors (Lipinski definition) is 3. The number of ether oxygens (including phenoxy) is 1. The van der Waals surface area contributed by atoms with Crippen molar-refractivity contribution in [1.29, 1.82) is 0 Å². The first-order valence-electron chi connectivity index (χ1n) is 7.71. The molecule has 1 fully saturated rings. The van der Waals surface area contributed by atoms with Crippen LogP contribution in [0.25, 0.3) is 0 Å². The van der Waals surface area contributed by atoms with E-state index in [9.17, 15) is 0 Å². The molecular formula is C17H28N2O. The summed E-state index contributed by atoms with van der Waals surface area (Å²) in [5.41, 5.74) is 8.12. The number of nitrogens with two attached hydrogens (primary N) is 1. The summed E-state index contributed by atoms with van der Waals surface area (Å²) < 4.78 is 5.76. The lowest BCUT2D eigenvalue weighted by molar-refractivity contribution is 0.217. The number of nitrogen functional groups attached to an aromatic ring is 1. The number of nitrogens with one attached hydrogen (secondary N) is 1. The molecular weight excluding hydrogens is 248 g/mol. The van der Waals surface area contributed by atoms with Crippen LogP contribution in [0.4, 0.5) is 11.4 Å². The van der Waals surface area contributed by atoms with Gasteiger partial charge in [-0.3, -0.25) is 0 Å². The molecule has 3 N–H and O–H groups in total. The third-order valence-corrected chi connectivity index (χ3v) is 4.22. The zero-order valence-corrected chi connectivity index (χ0v) is 13.2.